The zero-order valence-corrected chi connectivity index (χ0v) is 17.5. The minimum Gasteiger partial charge on any atom is -0.493 e. The van der Waals surface area contributed by atoms with Crippen LogP contribution in [-0.2, 0) is 9.47 Å². The van der Waals surface area contributed by atoms with Gasteiger partial charge in [0.1, 0.15) is 5.75 Å². The predicted molar refractivity (Wildman–Crippen MR) is 112 cm³/mol. The summed E-state index contributed by atoms with van der Waals surface area (Å²) in [6, 6.07) is 7.88. The lowest BCUT2D eigenvalue weighted by Gasteiger charge is -2.14. The highest BCUT2D eigenvalue weighted by molar-refractivity contribution is 14.0. The fraction of sp³-hybridized carbons (Fsp3) is 0.611. The van der Waals surface area contributed by atoms with E-state index in [0.717, 1.165) is 49.8 Å². The highest BCUT2D eigenvalue weighted by Crippen LogP contribution is 2.18. The molecule has 0 radical (unpaired) electrons. The van der Waals surface area contributed by atoms with E-state index in [0.29, 0.717) is 19.3 Å². The summed E-state index contributed by atoms with van der Waals surface area (Å²) < 4.78 is 16.4. The third kappa shape index (κ3) is 8.73. The number of methoxy groups -OCH3 is 1. The van der Waals surface area contributed by atoms with Crippen LogP contribution in [0.4, 0.5) is 5.69 Å². The number of benzene rings is 1. The molecule has 0 amide bonds. The molecule has 2 N–H and O–H groups in total. The predicted octanol–water partition coefficient (Wildman–Crippen LogP) is 3.28. The van der Waals surface area contributed by atoms with Crippen LogP contribution in [0.5, 0.6) is 5.75 Å². The maximum atomic E-state index is 5.72. The standard InChI is InChI=1S/C18H29N3O3.HI/c1-19-18(20-10-9-16-8-4-12-23-16)21-15-6-3-7-17(14-15)24-13-5-11-22-2;/h3,6-7,14,16H,4-5,8-13H2,1-2H3,(H2,19,20,21);1H. The van der Waals surface area contributed by atoms with E-state index in [2.05, 4.69) is 15.6 Å². The first-order chi connectivity index (χ1) is 11.8. The van der Waals surface area contributed by atoms with Gasteiger partial charge in [-0.25, -0.2) is 0 Å². The lowest BCUT2D eigenvalue weighted by Crippen LogP contribution is -2.32. The molecule has 0 saturated carbocycles. The van der Waals surface area contributed by atoms with Gasteiger partial charge in [0.25, 0.3) is 0 Å². The van der Waals surface area contributed by atoms with Gasteiger partial charge >= 0.3 is 0 Å². The topological polar surface area (TPSA) is 64.1 Å². The molecule has 25 heavy (non-hydrogen) atoms. The number of rotatable bonds is 9. The number of halogens is 1. The first-order valence-electron chi connectivity index (χ1n) is 8.63. The number of nitrogens with zero attached hydrogens (tertiary/aromatic N) is 1. The van der Waals surface area contributed by atoms with Gasteiger partial charge in [-0.1, -0.05) is 6.07 Å². The van der Waals surface area contributed by atoms with E-state index in [1.54, 1.807) is 14.2 Å². The Morgan fingerprint density at radius 3 is 2.96 bits per heavy atom. The van der Waals surface area contributed by atoms with Crippen LogP contribution in [-0.4, -0.2) is 52.6 Å². The van der Waals surface area contributed by atoms with Gasteiger partial charge in [-0.05, 0) is 31.4 Å². The second kappa shape index (κ2) is 13.2. The molecular weight excluding hydrogens is 433 g/mol. The smallest absolute Gasteiger partial charge is 0.195 e. The van der Waals surface area contributed by atoms with Crippen molar-refractivity contribution >= 4 is 35.6 Å². The fourth-order valence-electron chi connectivity index (χ4n) is 2.60. The monoisotopic (exact) mass is 463 g/mol. The van der Waals surface area contributed by atoms with Crippen LogP contribution in [0.25, 0.3) is 0 Å². The van der Waals surface area contributed by atoms with Gasteiger partial charge in [-0.3, -0.25) is 4.99 Å². The van der Waals surface area contributed by atoms with Crippen molar-refractivity contribution in [3.63, 3.8) is 0 Å². The summed E-state index contributed by atoms with van der Waals surface area (Å²) >= 11 is 0. The summed E-state index contributed by atoms with van der Waals surface area (Å²) in [4.78, 5) is 4.26. The SMILES string of the molecule is CN=C(NCCC1CCCO1)Nc1cccc(OCCCOC)c1.I. The molecule has 0 bridgehead atoms. The molecule has 0 aromatic heterocycles. The number of hydrogen-bond donors (Lipinski definition) is 2. The Bertz CT molecular complexity index is 508. The Morgan fingerprint density at radius 2 is 2.24 bits per heavy atom. The molecule has 1 aliphatic rings. The Balaban J connectivity index is 0.00000312. The molecular formula is C18H30IN3O3. The number of guanidine groups is 1. The third-order valence-corrected chi connectivity index (χ3v) is 3.86. The summed E-state index contributed by atoms with van der Waals surface area (Å²) in [5.41, 5.74) is 0.949. The summed E-state index contributed by atoms with van der Waals surface area (Å²) in [5, 5.41) is 6.62. The van der Waals surface area contributed by atoms with E-state index >= 15 is 0 Å². The van der Waals surface area contributed by atoms with E-state index in [-0.39, 0.29) is 24.0 Å². The first-order valence-corrected chi connectivity index (χ1v) is 8.63. The second-order valence-electron chi connectivity index (χ2n) is 5.77. The van der Waals surface area contributed by atoms with Crippen molar-refractivity contribution in [2.45, 2.75) is 31.8 Å². The summed E-state index contributed by atoms with van der Waals surface area (Å²) in [7, 11) is 3.47. The van der Waals surface area contributed by atoms with Gasteiger partial charge in [-0.15, -0.1) is 24.0 Å². The van der Waals surface area contributed by atoms with Crippen molar-refractivity contribution in [3.8, 4) is 5.75 Å². The van der Waals surface area contributed by atoms with E-state index in [1.807, 2.05) is 24.3 Å². The van der Waals surface area contributed by atoms with Crippen LogP contribution < -0.4 is 15.4 Å². The molecule has 2 rings (SSSR count). The quantitative estimate of drug-likeness (QED) is 0.255. The highest BCUT2D eigenvalue weighted by Gasteiger charge is 2.14. The largest absolute Gasteiger partial charge is 0.493 e. The Labute approximate surface area is 167 Å². The van der Waals surface area contributed by atoms with Crippen LogP contribution >= 0.6 is 24.0 Å². The van der Waals surface area contributed by atoms with E-state index < -0.39 is 0 Å². The number of hydrogen-bond acceptors (Lipinski definition) is 4. The molecule has 7 heteroatoms. The highest BCUT2D eigenvalue weighted by atomic mass is 127. The van der Waals surface area contributed by atoms with Gasteiger partial charge in [-0.2, -0.15) is 0 Å². The molecule has 1 aliphatic heterocycles. The minimum absolute atomic E-state index is 0. The zero-order valence-electron chi connectivity index (χ0n) is 15.1. The molecule has 1 aromatic rings. The summed E-state index contributed by atoms with van der Waals surface area (Å²) in [6.07, 6.45) is 4.61. The van der Waals surface area contributed by atoms with Crippen molar-refractivity contribution in [1.29, 1.82) is 0 Å². The van der Waals surface area contributed by atoms with Gasteiger partial charge in [0.2, 0.25) is 0 Å². The van der Waals surface area contributed by atoms with Crippen molar-refractivity contribution in [2.24, 2.45) is 4.99 Å². The maximum Gasteiger partial charge on any atom is 0.195 e. The van der Waals surface area contributed by atoms with Crippen LogP contribution in [0.2, 0.25) is 0 Å². The summed E-state index contributed by atoms with van der Waals surface area (Å²) in [6.45, 7) is 3.09. The van der Waals surface area contributed by atoms with Gasteiger partial charge < -0.3 is 24.8 Å². The van der Waals surface area contributed by atoms with Crippen molar-refractivity contribution < 1.29 is 14.2 Å². The molecule has 1 heterocycles. The molecule has 1 atom stereocenters. The van der Waals surface area contributed by atoms with Gasteiger partial charge in [0.15, 0.2) is 5.96 Å². The van der Waals surface area contributed by atoms with Gasteiger partial charge in [0.05, 0.1) is 12.7 Å². The Hall–Kier alpha value is -1.06. The number of aliphatic imine (C=N–C) groups is 1. The number of ether oxygens (including phenoxy) is 3. The van der Waals surface area contributed by atoms with E-state index in [4.69, 9.17) is 14.2 Å². The van der Waals surface area contributed by atoms with Crippen LogP contribution in [0, 0.1) is 0 Å². The minimum atomic E-state index is 0. The molecule has 1 unspecified atom stereocenters. The third-order valence-electron chi connectivity index (χ3n) is 3.86. The number of nitrogens with one attached hydrogen (secondary N) is 2. The summed E-state index contributed by atoms with van der Waals surface area (Å²) in [5.74, 6) is 1.59. The van der Waals surface area contributed by atoms with Crippen molar-refractivity contribution in [1.82, 2.24) is 5.32 Å². The molecule has 0 spiro atoms. The second-order valence-corrected chi connectivity index (χ2v) is 5.77. The molecule has 0 aliphatic carbocycles. The fourth-order valence-corrected chi connectivity index (χ4v) is 2.60. The van der Waals surface area contributed by atoms with Crippen molar-refractivity contribution in [2.75, 3.05) is 45.8 Å². The lowest BCUT2D eigenvalue weighted by atomic mass is 10.2. The average molecular weight is 463 g/mol. The van der Waals surface area contributed by atoms with Gasteiger partial charge in [0, 0.05) is 52.1 Å². The lowest BCUT2D eigenvalue weighted by molar-refractivity contribution is 0.105. The molecule has 1 saturated heterocycles. The maximum absolute atomic E-state index is 5.72. The molecule has 6 nitrogen and oxygen atoms in total. The molecule has 1 fully saturated rings. The van der Waals surface area contributed by atoms with E-state index in [1.165, 1.54) is 6.42 Å². The Morgan fingerprint density at radius 1 is 1.36 bits per heavy atom. The number of anilines is 1. The van der Waals surface area contributed by atoms with Crippen LogP contribution in [0.3, 0.4) is 0 Å². The van der Waals surface area contributed by atoms with E-state index in [9.17, 15) is 0 Å². The zero-order chi connectivity index (χ0) is 17.0. The first kappa shape index (κ1) is 22.0. The van der Waals surface area contributed by atoms with Crippen LogP contribution in [0.1, 0.15) is 25.7 Å². The van der Waals surface area contributed by atoms with Crippen LogP contribution in [0.15, 0.2) is 29.3 Å². The average Bonchev–Trinajstić information content (AvgIpc) is 3.12. The normalized spacial score (nSPS) is 17.0. The molecule has 1 aromatic carbocycles. The molecule has 142 valence electrons. The van der Waals surface area contributed by atoms with Crippen molar-refractivity contribution in [3.05, 3.63) is 24.3 Å². The Kier molecular flexibility index (Phi) is 11.6.